The molecule has 2 N–H and O–H groups in total. The van der Waals surface area contributed by atoms with Crippen LogP contribution in [0.1, 0.15) is 0 Å². The zero-order valence-corrected chi connectivity index (χ0v) is 9.85. The maximum Gasteiger partial charge on any atom is 0.347 e. The van der Waals surface area contributed by atoms with Crippen LogP contribution < -0.4 is 10.4 Å². The summed E-state index contributed by atoms with van der Waals surface area (Å²) in [6.45, 7) is 0. The monoisotopic (exact) mass is 257 g/mol. The Hall–Kier alpha value is -1.53. The topological polar surface area (TPSA) is 62.8 Å². The van der Waals surface area contributed by atoms with Crippen molar-refractivity contribution >= 4 is 23.8 Å². The van der Waals surface area contributed by atoms with Crippen molar-refractivity contribution in [3.63, 3.8) is 0 Å². The molecule has 1 aromatic carbocycles. The number of aromatic nitrogens is 3. The molecule has 0 saturated heterocycles. The van der Waals surface area contributed by atoms with Crippen molar-refractivity contribution in [1.82, 2.24) is 14.8 Å². The first-order valence-electron chi connectivity index (χ1n) is 4.37. The molecule has 7 heteroatoms. The first-order chi connectivity index (χ1) is 7.63. The molecule has 1 heterocycles. The molecule has 0 saturated carbocycles. The third-order valence-corrected chi connectivity index (χ3v) is 2.68. The van der Waals surface area contributed by atoms with Crippen molar-refractivity contribution in [2.24, 2.45) is 0 Å². The highest BCUT2D eigenvalue weighted by Gasteiger charge is 2.09. The highest BCUT2D eigenvalue weighted by molar-refractivity contribution is 7.71. The summed E-state index contributed by atoms with van der Waals surface area (Å²) in [6, 6.07) is 4.99. The molecule has 0 unspecified atom stereocenters. The summed E-state index contributed by atoms with van der Waals surface area (Å²) in [5.74, 6) is 0.599. The third-order valence-electron chi connectivity index (χ3n) is 2.08. The van der Waals surface area contributed by atoms with Crippen LogP contribution in [-0.4, -0.2) is 21.9 Å². The van der Waals surface area contributed by atoms with Crippen LogP contribution in [0.3, 0.4) is 0 Å². The number of H-pyrrole nitrogens is 2. The van der Waals surface area contributed by atoms with Gasteiger partial charge in [0.15, 0.2) is 0 Å². The summed E-state index contributed by atoms with van der Waals surface area (Å²) in [7, 11) is 1.54. The van der Waals surface area contributed by atoms with Crippen LogP contribution in [0.4, 0.5) is 0 Å². The summed E-state index contributed by atoms with van der Waals surface area (Å²) in [5, 5.41) is 5.34. The summed E-state index contributed by atoms with van der Waals surface area (Å²) in [5.41, 5.74) is 0.105. The van der Waals surface area contributed by atoms with Crippen LogP contribution in [0.5, 0.6) is 5.75 Å². The van der Waals surface area contributed by atoms with Gasteiger partial charge in [0, 0.05) is 6.07 Å². The van der Waals surface area contributed by atoms with Gasteiger partial charge in [-0.2, -0.15) is 0 Å². The van der Waals surface area contributed by atoms with E-state index in [0.29, 0.717) is 16.5 Å². The lowest BCUT2D eigenvalue weighted by Gasteiger charge is -2.06. The van der Waals surface area contributed by atoms with E-state index in [1.165, 1.54) is 11.7 Å². The normalized spacial score (nSPS) is 10.4. The van der Waals surface area contributed by atoms with Gasteiger partial charge in [0.05, 0.1) is 17.8 Å². The maximum absolute atomic E-state index is 11.5. The molecule has 1 aromatic heterocycles. The molecule has 0 aliphatic rings. The van der Waals surface area contributed by atoms with E-state index in [4.69, 9.17) is 28.6 Å². The van der Waals surface area contributed by atoms with E-state index in [2.05, 4.69) is 10.2 Å². The quantitative estimate of drug-likeness (QED) is 0.808. The Morgan fingerprint density at radius 1 is 1.44 bits per heavy atom. The number of benzene rings is 1. The Bertz CT molecular complexity index is 601. The number of ether oxygens (including phenoxy) is 1. The zero-order chi connectivity index (χ0) is 11.7. The molecule has 0 aliphatic carbocycles. The molecule has 84 valence electrons. The summed E-state index contributed by atoms with van der Waals surface area (Å²) >= 11 is 11.0. The van der Waals surface area contributed by atoms with Gasteiger partial charge < -0.3 is 4.74 Å². The minimum atomic E-state index is -0.375. The van der Waals surface area contributed by atoms with E-state index in [9.17, 15) is 4.79 Å². The van der Waals surface area contributed by atoms with Crippen molar-refractivity contribution in [2.75, 3.05) is 7.11 Å². The largest absolute Gasteiger partial charge is 0.497 e. The van der Waals surface area contributed by atoms with Crippen molar-refractivity contribution < 1.29 is 4.74 Å². The molecule has 0 spiro atoms. The summed E-state index contributed by atoms with van der Waals surface area (Å²) in [6.07, 6.45) is 0. The molecule has 16 heavy (non-hydrogen) atoms. The first-order valence-corrected chi connectivity index (χ1v) is 5.15. The molecule has 0 fully saturated rings. The molecule has 2 rings (SSSR count). The van der Waals surface area contributed by atoms with Gasteiger partial charge in [-0.1, -0.05) is 11.6 Å². The second-order valence-corrected chi connectivity index (χ2v) is 3.81. The van der Waals surface area contributed by atoms with Crippen LogP contribution >= 0.6 is 23.8 Å². The SMILES string of the molecule is COc1ccc(Cl)c(-n2c(=O)[nH][nH]c2=S)c1. The molecule has 0 amide bonds. The average Bonchev–Trinajstić information content (AvgIpc) is 2.60. The number of nitrogens with one attached hydrogen (secondary N) is 2. The van der Waals surface area contributed by atoms with E-state index in [1.54, 1.807) is 18.2 Å². The molecular weight excluding hydrogens is 250 g/mol. The molecule has 2 aromatic rings. The number of halogens is 1. The molecule has 5 nitrogen and oxygen atoms in total. The van der Waals surface area contributed by atoms with E-state index in [1.807, 2.05) is 0 Å². The van der Waals surface area contributed by atoms with Gasteiger partial charge in [0.2, 0.25) is 4.77 Å². The average molecular weight is 258 g/mol. The molecule has 0 bridgehead atoms. The Kier molecular flexibility index (Phi) is 2.84. The van der Waals surface area contributed by atoms with Gasteiger partial charge >= 0.3 is 5.69 Å². The molecular formula is C9H8ClN3O2S. The number of methoxy groups -OCH3 is 1. The van der Waals surface area contributed by atoms with Crippen LogP contribution in [0, 0.1) is 4.77 Å². The number of nitrogens with zero attached hydrogens (tertiary/aromatic N) is 1. The third kappa shape index (κ3) is 1.77. The highest BCUT2D eigenvalue weighted by atomic mass is 35.5. The predicted molar refractivity (Wildman–Crippen MR) is 63.1 cm³/mol. The van der Waals surface area contributed by atoms with Crippen LogP contribution in [0.25, 0.3) is 5.69 Å². The van der Waals surface area contributed by atoms with Gasteiger partial charge in [-0.15, -0.1) is 0 Å². The number of hydrogen-bond acceptors (Lipinski definition) is 3. The van der Waals surface area contributed by atoms with E-state index >= 15 is 0 Å². The summed E-state index contributed by atoms with van der Waals surface area (Å²) in [4.78, 5) is 11.5. The van der Waals surface area contributed by atoms with Gasteiger partial charge in [0.1, 0.15) is 5.75 Å². The van der Waals surface area contributed by atoms with Crippen molar-refractivity contribution in [3.8, 4) is 11.4 Å². The van der Waals surface area contributed by atoms with Crippen molar-refractivity contribution in [2.45, 2.75) is 0 Å². The molecule has 0 radical (unpaired) electrons. The maximum atomic E-state index is 11.5. The van der Waals surface area contributed by atoms with Gasteiger partial charge in [0.25, 0.3) is 0 Å². The fourth-order valence-corrected chi connectivity index (χ4v) is 1.75. The Balaban J connectivity index is 2.73. The lowest BCUT2D eigenvalue weighted by atomic mass is 10.3. The second-order valence-electron chi connectivity index (χ2n) is 3.01. The van der Waals surface area contributed by atoms with E-state index in [0.717, 1.165) is 0 Å². The molecule has 0 aliphatic heterocycles. The van der Waals surface area contributed by atoms with E-state index in [-0.39, 0.29) is 10.5 Å². The number of aromatic amines is 2. The van der Waals surface area contributed by atoms with Crippen LogP contribution in [0.2, 0.25) is 5.02 Å². The number of hydrogen-bond donors (Lipinski definition) is 2. The van der Waals surface area contributed by atoms with Gasteiger partial charge in [-0.3, -0.25) is 5.10 Å². The van der Waals surface area contributed by atoms with Gasteiger partial charge in [-0.25, -0.2) is 14.5 Å². The van der Waals surface area contributed by atoms with Crippen LogP contribution in [0.15, 0.2) is 23.0 Å². The standard InChI is InChI=1S/C9H8ClN3O2S/c1-15-5-2-3-6(10)7(4-5)13-8(14)11-12-9(13)16/h2-4H,1H3,(H,11,14)(H,12,16). The minimum Gasteiger partial charge on any atom is -0.497 e. The Morgan fingerprint density at radius 2 is 2.19 bits per heavy atom. The lowest BCUT2D eigenvalue weighted by Crippen LogP contribution is -2.15. The van der Waals surface area contributed by atoms with Crippen molar-refractivity contribution in [3.05, 3.63) is 38.5 Å². The zero-order valence-electron chi connectivity index (χ0n) is 8.28. The predicted octanol–water partition coefficient (Wildman–Crippen LogP) is 1.89. The second kappa shape index (κ2) is 4.15. The minimum absolute atomic E-state index is 0.250. The lowest BCUT2D eigenvalue weighted by molar-refractivity contribution is 0.414. The van der Waals surface area contributed by atoms with Gasteiger partial charge in [-0.05, 0) is 24.4 Å². The Labute approximate surface area is 101 Å². The van der Waals surface area contributed by atoms with Crippen molar-refractivity contribution in [1.29, 1.82) is 0 Å². The first kappa shape index (κ1) is 11.0. The fraction of sp³-hybridized carbons (Fsp3) is 0.111. The smallest absolute Gasteiger partial charge is 0.347 e. The Morgan fingerprint density at radius 3 is 2.75 bits per heavy atom. The molecule has 0 atom stereocenters. The highest BCUT2D eigenvalue weighted by Crippen LogP contribution is 2.24. The fourth-order valence-electron chi connectivity index (χ4n) is 1.32. The van der Waals surface area contributed by atoms with Crippen LogP contribution in [-0.2, 0) is 0 Å². The number of rotatable bonds is 2. The summed E-state index contributed by atoms with van der Waals surface area (Å²) < 4.78 is 6.57. The van der Waals surface area contributed by atoms with E-state index < -0.39 is 0 Å².